The van der Waals surface area contributed by atoms with E-state index in [0.717, 1.165) is 6.42 Å². The second-order valence-corrected chi connectivity index (χ2v) is 4.28. The van der Waals surface area contributed by atoms with E-state index >= 15 is 0 Å². The smallest absolute Gasteiger partial charge is 0.0273 e. The standard InChI is InChI=1S/C16H22.C2H6/c1-4-5-6-7-8-9-10-16-12-11-14(2)13-15(16)3;1-2/h4-7,11-13H,8-10H2,1-3H3;1-2H3/b5-4-,7-6-;. The van der Waals surface area contributed by atoms with Gasteiger partial charge in [0, 0.05) is 0 Å². The van der Waals surface area contributed by atoms with Crippen LogP contribution in [-0.4, -0.2) is 0 Å². The van der Waals surface area contributed by atoms with Gasteiger partial charge in [-0.3, -0.25) is 0 Å². The number of aryl methyl sites for hydroxylation is 3. The van der Waals surface area contributed by atoms with E-state index in [2.05, 4.69) is 56.4 Å². The summed E-state index contributed by atoms with van der Waals surface area (Å²) < 4.78 is 0. The first-order valence-corrected chi connectivity index (χ1v) is 7.08. The molecule has 0 amide bonds. The highest BCUT2D eigenvalue weighted by molar-refractivity contribution is 5.30. The van der Waals surface area contributed by atoms with E-state index < -0.39 is 0 Å². The van der Waals surface area contributed by atoms with Crippen LogP contribution in [0.1, 0.15) is 50.3 Å². The number of allylic oxidation sites excluding steroid dienone is 4. The molecule has 1 aromatic carbocycles. The van der Waals surface area contributed by atoms with Gasteiger partial charge in [0.05, 0.1) is 0 Å². The normalized spacial score (nSPS) is 10.7. The largest absolute Gasteiger partial charge is 0.0877 e. The Hall–Kier alpha value is -1.30. The summed E-state index contributed by atoms with van der Waals surface area (Å²) in [4.78, 5) is 0. The lowest BCUT2D eigenvalue weighted by Crippen LogP contribution is -1.90. The second-order valence-electron chi connectivity index (χ2n) is 4.28. The zero-order valence-electron chi connectivity index (χ0n) is 12.7. The highest BCUT2D eigenvalue weighted by atomic mass is 14.0. The van der Waals surface area contributed by atoms with Crippen molar-refractivity contribution >= 4 is 0 Å². The summed E-state index contributed by atoms with van der Waals surface area (Å²) in [5.74, 6) is 0. The van der Waals surface area contributed by atoms with Gasteiger partial charge in [0.25, 0.3) is 0 Å². The molecule has 1 rings (SSSR count). The van der Waals surface area contributed by atoms with Crippen LogP contribution in [0.2, 0.25) is 0 Å². The van der Waals surface area contributed by atoms with Gasteiger partial charge in [-0.1, -0.05) is 61.9 Å². The molecule has 0 atom stereocenters. The number of hydrogen-bond donors (Lipinski definition) is 0. The summed E-state index contributed by atoms with van der Waals surface area (Å²) >= 11 is 0. The van der Waals surface area contributed by atoms with Gasteiger partial charge in [-0.25, -0.2) is 0 Å². The minimum absolute atomic E-state index is 1.16. The molecule has 0 bridgehead atoms. The molecule has 0 aliphatic carbocycles. The Balaban J connectivity index is 0.00000137. The number of benzene rings is 1. The molecule has 0 aliphatic heterocycles. The van der Waals surface area contributed by atoms with Crippen LogP contribution in [0.15, 0.2) is 42.5 Å². The average Bonchev–Trinajstić information content (AvgIpc) is 2.38. The van der Waals surface area contributed by atoms with Crippen molar-refractivity contribution in [3.63, 3.8) is 0 Å². The molecule has 18 heavy (non-hydrogen) atoms. The predicted molar refractivity (Wildman–Crippen MR) is 84.2 cm³/mol. The highest BCUT2D eigenvalue weighted by Gasteiger charge is 1.97. The van der Waals surface area contributed by atoms with Gasteiger partial charge >= 0.3 is 0 Å². The minimum atomic E-state index is 1.16. The molecule has 0 heteroatoms. The second kappa shape index (κ2) is 10.8. The zero-order valence-corrected chi connectivity index (χ0v) is 12.7. The predicted octanol–water partition coefficient (Wildman–Crippen LogP) is 5.78. The summed E-state index contributed by atoms with van der Waals surface area (Å²) in [6.45, 7) is 10.4. The van der Waals surface area contributed by atoms with Crippen LogP contribution in [0, 0.1) is 13.8 Å². The van der Waals surface area contributed by atoms with Crippen molar-refractivity contribution < 1.29 is 0 Å². The Morgan fingerprint density at radius 2 is 1.78 bits per heavy atom. The molecule has 0 fully saturated rings. The van der Waals surface area contributed by atoms with Gasteiger partial charge in [0.1, 0.15) is 0 Å². The lowest BCUT2D eigenvalue weighted by molar-refractivity contribution is 0.837. The summed E-state index contributed by atoms with van der Waals surface area (Å²) in [6, 6.07) is 6.74. The van der Waals surface area contributed by atoms with Crippen molar-refractivity contribution in [1.82, 2.24) is 0 Å². The van der Waals surface area contributed by atoms with Gasteiger partial charge in [-0.15, -0.1) is 0 Å². The highest BCUT2D eigenvalue weighted by Crippen LogP contribution is 2.13. The van der Waals surface area contributed by atoms with Crippen LogP contribution in [0.25, 0.3) is 0 Å². The molecule has 0 unspecified atom stereocenters. The molecular weight excluding hydrogens is 216 g/mol. The van der Waals surface area contributed by atoms with Gasteiger partial charge in [-0.2, -0.15) is 0 Å². The third-order valence-electron chi connectivity index (χ3n) is 2.75. The molecule has 0 spiro atoms. The molecule has 0 saturated heterocycles. The summed E-state index contributed by atoms with van der Waals surface area (Å²) in [6.07, 6.45) is 12.1. The van der Waals surface area contributed by atoms with Crippen molar-refractivity contribution in [2.45, 2.75) is 53.9 Å². The maximum absolute atomic E-state index is 2.27. The quantitative estimate of drug-likeness (QED) is 0.454. The van der Waals surface area contributed by atoms with Gasteiger partial charge in [0.2, 0.25) is 0 Å². The van der Waals surface area contributed by atoms with E-state index in [9.17, 15) is 0 Å². The number of hydrogen-bond acceptors (Lipinski definition) is 0. The molecular formula is C18H28. The Bertz CT molecular complexity index is 370. The van der Waals surface area contributed by atoms with E-state index in [1.54, 1.807) is 0 Å². The maximum Gasteiger partial charge on any atom is -0.0273 e. The Morgan fingerprint density at radius 1 is 1.06 bits per heavy atom. The Morgan fingerprint density at radius 3 is 2.39 bits per heavy atom. The summed E-state index contributed by atoms with van der Waals surface area (Å²) in [7, 11) is 0. The third kappa shape index (κ3) is 7.11. The van der Waals surface area contributed by atoms with Crippen LogP contribution in [0.5, 0.6) is 0 Å². The van der Waals surface area contributed by atoms with Gasteiger partial charge in [-0.05, 0) is 51.2 Å². The fourth-order valence-corrected chi connectivity index (χ4v) is 1.82. The van der Waals surface area contributed by atoms with E-state index in [4.69, 9.17) is 0 Å². The molecule has 0 saturated carbocycles. The molecule has 0 aliphatic rings. The lowest BCUT2D eigenvalue weighted by atomic mass is 10.0. The minimum Gasteiger partial charge on any atom is -0.0877 e. The molecule has 0 heterocycles. The van der Waals surface area contributed by atoms with Crippen LogP contribution in [-0.2, 0) is 6.42 Å². The first-order valence-electron chi connectivity index (χ1n) is 7.08. The third-order valence-corrected chi connectivity index (χ3v) is 2.75. The summed E-state index contributed by atoms with van der Waals surface area (Å²) in [5.41, 5.74) is 4.27. The van der Waals surface area contributed by atoms with Gasteiger partial charge in [0.15, 0.2) is 0 Å². The molecule has 100 valence electrons. The maximum atomic E-state index is 2.27. The Labute approximate surface area is 113 Å². The van der Waals surface area contributed by atoms with Gasteiger partial charge < -0.3 is 0 Å². The average molecular weight is 244 g/mol. The Kier molecular flexibility index (Phi) is 10.0. The van der Waals surface area contributed by atoms with E-state index in [0.29, 0.717) is 0 Å². The molecule has 0 N–H and O–H groups in total. The van der Waals surface area contributed by atoms with E-state index in [-0.39, 0.29) is 0 Å². The zero-order chi connectivity index (χ0) is 13.8. The van der Waals surface area contributed by atoms with Crippen LogP contribution in [0.4, 0.5) is 0 Å². The number of unbranched alkanes of at least 4 members (excludes halogenated alkanes) is 1. The first kappa shape index (κ1) is 16.7. The van der Waals surface area contributed by atoms with Crippen molar-refractivity contribution in [3.05, 3.63) is 59.2 Å². The van der Waals surface area contributed by atoms with Crippen molar-refractivity contribution in [3.8, 4) is 0 Å². The van der Waals surface area contributed by atoms with Crippen molar-refractivity contribution in [2.75, 3.05) is 0 Å². The fourth-order valence-electron chi connectivity index (χ4n) is 1.82. The monoisotopic (exact) mass is 244 g/mol. The molecule has 0 nitrogen and oxygen atoms in total. The first-order chi connectivity index (χ1) is 8.74. The van der Waals surface area contributed by atoms with Crippen LogP contribution in [0.3, 0.4) is 0 Å². The van der Waals surface area contributed by atoms with Crippen molar-refractivity contribution in [2.24, 2.45) is 0 Å². The fraction of sp³-hybridized carbons (Fsp3) is 0.444. The number of rotatable bonds is 5. The SMILES string of the molecule is C/C=C\C=C/CCCc1ccc(C)cc1C.CC. The molecule has 0 radical (unpaired) electrons. The van der Waals surface area contributed by atoms with E-state index in [1.165, 1.54) is 29.5 Å². The topological polar surface area (TPSA) is 0 Å². The van der Waals surface area contributed by atoms with Crippen molar-refractivity contribution in [1.29, 1.82) is 0 Å². The molecule has 1 aromatic rings. The van der Waals surface area contributed by atoms with E-state index in [1.807, 2.05) is 20.8 Å². The van der Waals surface area contributed by atoms with Crippen LogP contribution >= 0.6 is 0 Å². The summed E-state index contributed by atoms with van der Waals surface area (Å²) in [5, 5.41) is 0. The lowest BCUT2D eigenvalue weighted by Gasteiger charge is -2.05. The van der Waals surface area contributed by atoms with Crippen LogP contribution < -0.4 is 0 Å². The molecule has 0 aromatic heterocycles.